The number of hydrogen-bond donors (Lipinski definition) is 0. The van der Waals surface area contributed by atoms with Crippen LogP contribution in [0.25, 0.3) is 0 Å². The van der Waals surface area contributed by atoms with Crippen molar-refractivity contribution in [3.05, 3.63) is 48.6 Å². The first-order valence-electron chi connectivity index (χ1n) is 22.1. The highest BCUT2D eigenvalue weighted by Crippen LogP contribution is 2.28. The summed E-state index contributed by atoms with van der Waals surface area (Å²) in [5.74, 6) is 0.273. The second kappa shape index (κ2) is 34.6. The maximum absolute atomic E-state index is 13.7. The molecule has 1 aliphatic heterocycles. The lowest BCUT2D eigenvalue weighted by atomic mass is 9.90. The van der Waals surface area contributed by atoms with Gasteiger partial charge in [-0.05, 0) is 103 Å². The molecule has 0 aliphatic carbocycles. The van der Waals surface area contributed by atoms with Crippen molar-refractivity contribution in [3.63, 3.8) is 0 Å². The Kier molecular flexibility index (Phi) is 31.9. The van der Waals surface area contributed by atoms with Crippen molar-refractivity contribution in [2.45, 2.75) is 206 Å². The number of methoxy groups -OCH3 is 1. The molecule has 1 saturated heterocycles. The Labute approximate surface area is 323 Å². The number of hydrogen-bond acceptors (Lipinski definition) is 4. The second-order valence-electron chi connectivity index (χ2n) is 15.8. The lowest BCUT2D eigenvalue weighted by Gasteiger charge is -2.26. The van der Waals surface area contributed by atoms with Gasteiger partial charge in [0.1, 0.15) is 6.04 Å². The number of carbonyl (C=O) groups is 2. The third-order valence-corrected chi connectivity index (χ3v) is 10.9. The number of nitrogens with zero attached hydrogens (tertiary/aromatic N) is 2. The van der Waals surface area contributed by atoms with Crippen LogP contribution in [0.2, 0.25) is 0 Å². The van der Waals surface area contributed by atoms with Gasteiger partial charge in [-0.15, -0.1) is 0 Å². The Bertz CT molecular complexity index is 920. The van der Waals surface area contributed by atoms with Crippen LogP contribution >= 0.6 is 0 Å². The van der Waals surface area contributed by atoms with Crippen molar-refractivity contribution >= 4 is 11.9 Å². The smallest absolute Gasteiger partial charge is 0.328 e. The molecular weight excluding hydrogens is 641 g/mol. The summed E-state index contributed by atoms with van der Waals surface area (Å²) in [6, 6.07) is -0.249. The van der Waals surface area contributed by atoms with Gasteiger partial charge in [0.05, 0.1) is 7.11 Å². The summed E-state index contributed by atoms with van der Waals surface area (Å²) in [5, 5.41) is 0. The Morgan fingerprint density at radius 3 is 1.42 bits per heavy atom. The van der Waals surface area contributed by atoms with Crippen molar-refractivity contribution in [1.82, 2.24) is 9.80 Å². The quantitative estimate of drug-likeness (QED) is 0.0377. The number of ether oxygens (including phenoxy) is 1. The van der Waals surface area contributed by atoms with Gasteiger partial charge in [-0.3, -0.25) is 4.79 Å². The standard InChI is InChI=1S/C47H84N2O3/c1-6-8-10-12-14-16-18-20-22-24-26-28-30-32-34-36-38-43(40-46(50)49-42-44(48(3)4)41-45(49)47(51)52-5)39-37-35-33-31-29-27-25-23-21-19-17-15-13-11-9-7-2/h14-17,20-23,43-45H,6-13,18-19,24-42H2,1-5H3/b16-14-,17-15-,22-20-,23-21-/t44-,45-/m0/s1. The van der Waals surface area contributed by atoms with Gasteiger partial charge < -0.3 is 14.5 Å². The van der Waals surface area contributed by atoms with Crippen molar-refractivity contribution in [2.75, 3.05) is 27.7 Å². The number of rotatable bonds is 34. The first-order valence-corrected chi connectivity index (χ1v) is 22.1. The molecule has 5 nitrogen and oxygen atoms in total. The maximum atomic E-state index is 13.7. The number of esters is 1. The number of carbonyl (C=O) groups excluding carboxylic acids is 2. The topological polar surface area (TPSA) is 49.9 Å². The molecule has 300 valence electrons. The van der Waals surface area contributed by atoms with E-state index in [1.54, 1.807) is 0 Å². The highest BCUT2D eigenvalue weighted by molar-refractivity contribution is 5.85. The first-order chi connectivity index (χ1) is 25.4. The van der Waals surface area contributed by atoms with Gasteiger partial charge >= 0.3 is 5.97 Å². The summed E-state index contributed by atoms with van der Waals surface area (Å²) in [6.45, 7) is 5.13. The molecule has 0 aromatic rings. The average Bonchev–Trinajstić information content (AvgIpc) is 3.60. The molecule has 1 fully saturated rings. The van der Waals surface area contributed by atoms with Crippen LogP contribution in [0.3, 0.4) is 0 Å². The second-order valence-corrected chi connectivity index (χ2v) is 15.8. The van der Waals surface area contributed by atoms with E-state index < -0.39 is 6.04 Å². The molecule has 1 rings (SSSR count). The van der Waals surface area contributed by atoms with Crippen LogP contribution in [0.5, 0.6) is 0 Å². The molecule has 52 heavy (non-hydrogen) atoms. The van der Waals surface area contributed by atoms with Crippen molar-refractivity contribution in [2.24, 2.45) is 5.92 Å². The van der Waals surface area contributed by atoms with E-state index >= 15 is 0 Å². The predicted molar refractivity (Wildman–Crippen MR) is 226 cm³/mol. The van der Waals surface area contributed by atoms with Crippen molar-refractivity contribution in [1.29, 1.82) is 0 Å². The lowest BCUT2D eigenvalue weighted by Crippen LogP contribution is -2.42. The molecule has 0 aromatic heterocycles. The number of likely N-dealkylation sites (tertiary alicyclic amines) is 1. The lowest BCUT2D eigenvalue weighted by molar-refractivity contribution is -0.151. The largest absolute Gasteiger partial charge is 0.467 e. The summed E-state index contributed by atoms with van der Waals surface area (Å²) < 4.78 is 5.11. The van der Waals surface area contributed by atoms with Gasteiger partial charge in [0.25, 0.3) is 0 Å². The molecule has 1 aliphatic rings. The van der Waals surface area contributed by atoms with E-state index in [0.29, 0.717) is 25.3 Å². The van der Waals surface area contributed by atoms with E-state index in [1.165, 1.54) is 148 Å². The van der Waals surface area contributed by atoms with Crippen LogP contribution in [0.15, 0.2) is 48.6 Å². The Balaban J connectivity index is 2.40. The molecule has 0 radical (unpaired) electrons. The third kappa shape index (κ3) is 25.8. The van der Waals surface area contributed by atoms with Crippen molar-refractivity contribution in [3.8, 4) is 0 Å². The fraction of sp³-hybridized carbons (Fsp3) is 0.787. The van der Waals surface area contributed by atoms with E-state index in [1.807, 2.05) is 19.0 Å². The van der Waals surface area contributed by atoms with Gasteiger partial charge in [0.2, 0.25) is 5.91 Å². The predicted octanol–water partition coefficient (Wildman–Crippen LogP) is 13.1. The minimum Gasteiger partial charge on any atom is -0.467 e. The zero-order chi connectivity index (χ0) is 37.9. The highest BCUT2D eigenvalue weighted by Gasteiger charge is 2.41. The van der Waals surface area contributed by atoms with Crippen LogP contribution in [0.4, 0.5) is 0 Å². The van der Waals surface area contributed by atoms with Crippen molar-refractivity contribution < 1.29 is 14.3 Å². The first kappa shape index (κ1) is 47.9. The summed E-state index contributed by atoms with van der Waals surface area (Å²) in [6.07, 6.45) is 52.3. The third-order valence-electron chi connectivity index (χ3n) is 10.9. The fourth-order valence-electron chi connectivity index (χ4n) is 7.38. The maximum Gasteiger partial charge on any atom is 0.328 e. The molecule has 1 amide bonds. The van der Waals surface area contributed by atoms with Gasteiger partial charge in [-0.25, -0.2) is 4.79 Å². The van der Waals surface area contributed by atoms with Crippen LogP contribution in [-0.2, 0) is 14.3 Å². The summed E-state index contributed by atoms with van der Waals surface area (Å²) in [7, 11) is 5.51. The molecule has 0 bridgehead atoms. The molecule has 0 spiro atoms. The van der Waals surface area contributed by atoms with Crippen LogP contribution in [-0.4, -0.2) is 61.5 Å². The Hall–Kier alpha value is -2.14. The fourth-order valence-corrected chi connectivity index (χ4v) is 7.38. The number of amides is 1. The van der Waals surface area contributed by atoms with E-state index in [0.717, 1.165) is 25.7 Å². The van der Waals surface area contributed by atoms with E-state index in [2.05, 4.69) is 67.4 Å². The summed E-state index contributed by atoms with van der Waals surface area (Å²) >= 11 is 0. The van der Waals surface area contributed by atoms with Gasteiger partial charge in [-0.1, -0.05) is 152 Å². The van der Waals surface area contributed by atoms with E-state index in [9.17, 15) is 9.59 Å². The molecule has 0 unspecified atom stereocenters. The van der Waals surface area contributed by atoms with Crippen LogP contribution in [0, 0.1) is 5.92 Å². The monoisotopic (exact) mass is 725 g/mol. The zero-order valence-corrected chi connectivity index (χ0v) is 35.0. The van der Waals surface area contributed by atoms with Gasteiger partial charge in [-0.2, -0.15) is 0 Å². The molecule has 1 heterocycles. The van der Waals surface area contributed by atoms with Gasteiger partial charge in [0.15, 0.2) is 0 Å². The molecule has 0 saturated carbocycles. The van der Waals surface area contributed by atoms with Gasteiger partial charge in [0, 0.05) is 19.0 Å². The SMILES string of the molecule is CCCCC/C=C\C/C=C\CCCCCCCCC(CCCCCCCC/C=C\C/C=C\CCCCC)CC(=O)N1C[C@@H](N(C)C)C[C@H]1C(=O)OC. The Morgan fingerprint density at radius 2 is 1.02 bits per heavy atom. The van der Waals surface area contributed by atoms with E-state index in [-0.39, 0.29) is 17.9 Å². The minimum absolute atomic E-state index is 0.143. The summed E-state index contributed by atoms with van der Waals surface area (Å²) in [4.78, 5) is 30.3. The number of likely N-dealkylation sites (N-methyl/N-ethyl adjacent to an activating group) is 1. The number of unbranched alkanes of at least 4 members (excludes halogenated alkanes) is 18. The highest BCUT2D eigenvalue weighted by atomic mass is 16.5. The van der Waals surface area contributed by atoms with Crippen LogP contribution < -0.4 is 0 Å². The van der Waals surface area contributed by atoms with E-state index in [4.69, 9.17) is 4.74 Å². The normalized spacial score (nSPS) is 16.7. The zero-order valence-electron chi connectivity index (χ0n) is 35.0. The molecule has 5 heteroatoms. The Morgan fingerprint density at radius 1 is 0.615 bits per heavy atom. The number of allylic oxidation sites excluding steroid dienone is 8. The molecular formula is C47H84N2O3. The minimum atomic E-state index is -0.450. The van der Waals surface area contributed by atoms with Crippen LogP contribution in [0.1, 0.15) is 194 Å². The average molecular weight is 725 g/mol. The summed E-state index contributed by atoms with van der Waals surface area (Å²) in [5.41, 5.74) is 0. The molecule has 0 N–H and O–H groups in total. The molecule has 0 aromatic carbocycles. The molecule has 2 atom stereocenters.